The topological polar surface area (TPSA) is 52.9 Å². The molecule has 2 N–H and O–H groups in total. The van der Waals surface area contributed by atoms with Crippen LogP contribution in [0.3, 0.4) is 0 Å². The third-order valence-corrected chi connectivity index (χ3v) is 5.85. The van der Waals surface area contributed by atoms with E-state index in [4.69, 9.17) is 16.3 Å². The van der Waals surface area contributed by atoms with Gasteiger partial charge in [-0.25, -0.2) is 0 Å². The summed E-state index contributed by atoms with van der Waals surface area (Å²) in [6.45, 7) is 6.23. The van der Waals surface area contributed by atoms with E-state index in [2.05, 4.69) is 49.1 Å². The number of hydrogen-bond acceptors (Lipinski definition) is 4. The first kappa shape index (κ1) is 21.1. The van der Waals surface area contributed by atoms with Crippen LogP contribution in [0.1, 0.15) is 49.5 Å². The number of benzene rings is 2. The predicted octanol–water partition coefficient (Wildman–Crippen LogP) is 4.35. The molecule has 0 radical (unpaired) electrons. The summed E-state index contributed by atoms with van der Waals surface area (Å²) in [4.78, 5) is 2.32. The summed E-state index contributed by atoms with van der Waals surface area (Å²) in [5.41, 5.74) is 4.47. The summed E-state index contributed by atoms with van der Waals surface area (Å²) < 4.78 is 5.95. The Morgan fingerprint density at radius 1 is 1.07 bits per heavy atom. The molecule has 2 aromatic carbocycles. The van der Waals surface area contributed by atoms with Crippen molar-refractivity contribution in [2.24, 2.45) is 0 Å². The quantitative estimate of drug-likeness (QED) is 0.721. The molecule has 0 saturated carbocycles. The number of rotatable bonds is 7. The number of nitrogens with zero attached hydrogens (tertiary/aromatic N) is 1. The van der Waals surface area contributed by atoms with E-state index in [1.54, 1.807) is 0 Å². The van der Waals surface area contributed by atoms with Crippen LogP contribution in [0, 0.1) is 0 Å². The largest absolute Gasteiger partial charge is 0.394 e. The summed E-state index contributed by atoms with van der Waals surface area (Å²) >= 11 is 6.46. The Labute approximate surface area is 172 Å². The fourth-order valence-electron chi connectivity index (χ4n) is 3.89. The zero-order valence-corrected chi connectivity index (χ0v) is 17.4. The highest BCUT2D eigenvalue weighted by Crippen LogP contribution is 2.33. The molecule has 0 amide bonds. The zero-order chi connectivity index (χ0) is 20.1. The minimum absolute atomic E-state index is 0.0765. The van der Waals surface area contributed by atoms with Crippen molar-refractivity contribution >= 4 is 17.3 Å². The second kappa shape index (κ2) is 9.75. The lowest BCUT2D eigenvalue weighted by Gasteiger charge is -2.32. The average Bonchev–Trinajstić information content (AvgIpc) is 2.71. The Balaban J connectivity index is 1.76. The maximum absolute atomic E-state index is 10.1. The van der Waals surface area contributed by atoms with Gasteiger partial charge >= 0.3 is 0 Å². The van der Waals surface area contributed by atoms with Gasteiger partial charge in [0.1, 0.15) is 0 Å². The van der Waals surface area contributed by atoms with Gasteiger partial charge in [0, 0.05) is 36.6 Å². The average molecular weight is 404 g/mol. The first-order valence-corrected chi connectivity index (χ1v) is 10.5. The van der Waals surface area contributed by atoms with E-state index in [0.29, 0.717) is 12.8 Å². The molecule has 3 atom stereocenters. The van der Waals surface area contributed by atoms with Gasteiger partial charge in [0.05, 0.1) is 24.9 Å². The van der Waals surface area contributed by atoms with Crippen molar-refractivity contribution in [2.45, 2.75) is 51.4 Å². The molecule has 0 aromatic heterocycles. The van der Waals surface area contributed by atoms with Gasteiger partial charge in [0.15, 0.2) is 0 Å². The third kappa shape index (κ3) is 5.06. The van der Waals surface area contributed by atoms with Crippen LogP contribution in [-0.4, -0.2) is 42.1 Å². The number of hydrogen-bond donors (Lipinski definition) is 2. The first-order valence-electron chi connectivity index (χ1n) is 10.1. The number of aliphatic hydroxyl groups is 2. The van der Waals surface area contributed by atoms with E-state index in [9.17, 15) is 10.2 Å². The van der Waals surface area contributed by atoms with Gasteiger partial charge in [-0.1, -0.05) is 35.9 Å². The number of halogens is 1. The van der Waals surface area contributed by atoms with Gasteiger partial charge in [-0.2, -0.15) is 0 Å². The van der Waals surface area contributed by atoms with Crippen LogP contribution in [0.25, 0.3) is 0 Å². The molecule has 1 heterocycles. The Morgan fingerprint density at radius 2 is 1.79 bits per heavy atom. The van der Waals surface area contributed by atoms with E-state index >= 15 is 0 Å². The highest BCUT2D eigenvalue weighted by atomic mass is 35.5. The Hall–Kier alpha value is -1.59. The molecule has 1 saturated heterocycles. The molecule has 1 aliphatic rings. The fourth-order valence-corrected chi connectivity index (χ4v) is 4.07. The van der Waals surface area contributed by atoms with Crippen LogP contribution < -0.4 is 4.90 Å². The smallest absolute Gasteiger partial charge is 0.0854 e. The highest BCUT2D eigenvalue weighted by molar-refractivity contribution is 6.31. The maximum atomic E-state index is 10.1. The van der Waals surface area contributed by atoms with Crippen molar-refractivity contribution < 1.29 is 14.9 Å². The Kier molecular flexibility index (Phi) is 7.36. The summed E-state index contributed by atoms with van der Waals surface area (Å²) in [5.74, 6) is 0. The molecule has 3 unspecified atom stereocenters. The lowest BCUT2D eigenvalue weighted by atomic mass is 9.94. The van der Waals surface area contributed by atoms with E-state index in [1.807, 2.05) is 12.1 Å². The SMILES string of the molecule is CCN(CC)c1ccc(Cc2cc(C3CC(O)CC(CO)O3)ccc2Cl)cc1. The molecule has 28 heavy (non-hydrogen) atoms. The minimum Gasteiger partial charge on any atom is -0.394 e. The van der Waals surface area contributed by atoms with Gasteiger partial charge in [0.2, 0.25) is 0 Å². The summed E-state index contributed by atoms with van der Waals surface area (Å²) in [7, 11) is 0. The fraction of sp³-hybridized carbons (Fsp3) is 0.478. The Morgan fingerprint density at radius 3 is 2.43 bits per heavy atom. The van der Waals surface area contributed by atoms with Gasteiger partial charge in [0.25, 0.3) is 0 Å². The minimum atomic E-state index is -0.456. The zero-order valence-electron chi connectivity index (χ0n) is 16.6. The van der Waals surface area contributed by atoms with Crippen molar-refractivity contribution in [2.75, 3.05) is 24.6 Å². The van der Waals surface area contributed by atoms with Gasteiger partial charge in [-0.05, 0) is 55.2 Å². The molecule has 4 nitrogen and oxygen atoms in total. The molecular weight excluding hydrogens is 374 g/mol. The van der Waals surface area contributed by atoms with E-state index in [0.717, 1.165) is 35.7 Å². The van der Waals surface area contributed by atoms with Gasteiger partial charge in [-0.15, -0.1) is 0 Å². The number of anilines is 1. The predicted molar refractivity (Wildman–Crippen MR) is 114 cm³/mol. The number of ether oxygens (including phenoxy) is 1. The third-order valence-electron chi connectivity index (χ3n) is 5.48. The summed E-state index contributed by atoms with van der Waals surface area (Å²) in [6, 6.07) is 14.5. The lowest BCUT2D eigenvalue weighted by molar-refractivity contribution is -0.113. The molecule has 0 bridgehead atoms. The number of aliphatic hydroxyl groups excluding tert-OH is 2. The molecule has 2 aromatic rings. The van der Waals surface area contributed by atoms with Crippen molar-refractivity contribution in [1.29, 1.82) is 0 Å². The molecule has 0 aliphatic carbocycles. The maximum Gasteiger partial charge on any atom is 0.0854 e. The van der Waals surface area contributed by atoms with E-state index in [1.165, 1.54) is 11.3 Å². The van der Waals surface area contributed by atoms with Crippen LogP contribution in [0.4, 0.5) is 5.69 Å². The molecule has 0 spiro atoms. The van der Waals surface area contributed by atoms with Crippen molar-refractivity contribution in [3.05, 3.63) is 64.2 Å². The molecule has 3 rings (SSSR count). The van der Waals surface area contributed by atoms with Crippen LogP contribution in [-0.2, 0) is 11.2 Å². The van der Waals surface area contributed by atoms with Crippen molar-refractivity contribution in [1.82, 2.24) is 0 Å². The van der Waals surface area contributed by atoms with E-state index in [-0.39, 0.29) is 18.8 Å². The molecule has 1 fully saturated rings. The van der Waals surface area contributed by atoms with Crippen LogP contribution in [0.5, 0.6) is 0 Å². The Bertz CT molecular complexity index is 761. The van der Waals surface area contributed by atoms with Crippen molar-refractivity contribution in [3.8, 4) is 0 Å². The molecule has 1 aliphatic heterocycles. The van der Waals surface area contributed by atoms with Gasteiger partial charge in [-0.3, -0.25) is 0 Å². The van der Waals surface area contributed by atoms with E-state index < -0.39 is 6.10 Å². The van der Waals surface area contributed by atoms with Gasteiger partial charge < -0.3 is 19.8 Å². The molecular formula is C23H30ClNO3. The van der Waals surface area contributed by atoms with Crippen LogP contribution in [0.2, 0.25) is 5.02 Å². The van der Waals surface area contributed by atoms with Crippen molar-refractivity contribution in [3.63, 3.8) is 0 Å². The molecule has 5 heteroatoms. The normalized spacial score (nSPS) is 22.2. The first-order chi connectivity index (χ1) is 13.5. The standard InChI is InChI=1S/C23H30ClNO3/c1-3-25(4-2)19-8-5-16(6-9-19)11-18-12-17(7-10-22(18)24)23-14-20(27)13-21(15-26)28-23/h5-10,12,20-21,23,26-27H,3-4,11,13-15H2,1-2H3. The van der Waals surface area contributed by atoms with Crippen LogP contribution in [0.15, 0.2) is 42.5 Å². The second-order valence-electron chi connectivity index (χ2n) is 7.42. The highest BCUT2D eigenvalue weighted by Gasteiger charge is 2.29. The monoisotopic (exact) mass is 403 g/mol. The second-order valence-corrected chi connectivity index (χ2v) is 7.83. The summed E-state index contributed by atoms with van der Waals surface area (Å²) in [6.07, 6.45) is 0.761. The lowest BCUT2D eigenvalue weighted by Crippen LogP contribution is -2.33. The van der Waals surface area contributed by atoms with Crippen LogP contribution >= 0.6 is 11.6 Å². The molecule has 152 valence electrons. The summed E-state index contributed by atoms with van der Waals surface area (Å²) in [5, 5.41) is 20.2.